The van der Waals surface area contributed by atoms with E-state index in [1.54, 1.807) is 31.4 Å². The lowest BCUT2D eigenvalue weighted by atomic mass is 10.1. The van der Waals surface area contributed by atoms with E-state index in [0.29, 0.717) is 0 Å². The lowest BCUT2D eigenvalue weighted by molar-refractivity contribution is 0.0581. The Morgan fingerprint density at radius 3 is 2.53 bits per heavy atom. The van der Waals surface area contributed by atoms with Gasteiger partial charge >= 0.3 is 0 Å². The number of benzene rings is 1. The number of methoxy groups -OCH3 is 1. The Morgan fingerprint density at radius 1 is 1.40 bits per heavy atom. The maximum atomic E-state index is 8.84. The molecule has 15 heavy (non-hydrogen) atoms. The van der Waals surface area contributed by atoms with Crippen molar-refractivity contribution < 1.29 is 14.6 Å². The van der Waals surface area contributed by atoms with Gasteiger partial charge in [-0.3, -0.25) is 0 Å². The van der Waals surface area contributed by atoms with Gasteiger partial charge in [0.1, 0.15) is 5.75 Å². The van der Waals surface area contributed by atoms with Gasteiger partial charge in [0.2, 0.25) is 0 Å². The lowest BCUT2D eigenvalue weighted by Gasteiger charge is -2.10. The summed E-state index contributed by atoms with van der Waals surface area (Å²) in [7, 11) is 1.58. The Kier molecular flexibility index (Phi) is 4.61. The smallest absolute Gasteiger partial charge is 0.169 e. The van der Waals surface area contributed by atoms with Gasteiger partial charge in [0.05, 0.1) is 26.4 Å². The first-order valence-electron chi connectivity index (χ1n) is 4.58. The maximum absolute atomic E-state index is 8.84. The zero-order chi connectivity index (χ0) is 11.1. The highest BCUT2D eigenvalue weighted by Gasteiger charge is 2.09. The summed E-state index contributed by atoms with van der Waals surface area (Å²) in [5, 5.41) is 17.4. The summed E-state index contributed by atoms with van der Waals surface area (Å²) < 4.78 is 10.1. The van der Waals surface area contributed by atoms with E-state index in [1.165, 1.54) is 0 Å². The quantitative estimate of drug-likeness (QED) is 0.789. The molecule has 0 spiro atoms. The molecular weight excluding hydrogens is 194 g/mol. The van der Waals surface area contributed by atoms with Crippen LogP contribution in [0.15, 0.2) is 24.3 Å². The summed E-state index contributed by atoms with van der Waals surface area (Å²) in [5.41, 5.74) is 0.756. The second-order valence-electron chi connectivity index (χ2n) is 2.88. The minimum absolute atomic E-state index is 0.0890. The van der Waals surface area contributed by atoms with Gasteiger partial charge in [-0.25, -0.2) is 0 Å². The molecule has 0 aliphatic rings. The third kappa shape index (κ3) is 3.24. The van der Waals surface area contributed by atoms with E-state index in [1.807, 2.05) is 6.07 Å². The molecule has 0 fully saturated rings. The standard InChI is InChI=1S/C11H13NO3/c1-14-10-4-2-9(3-5-10)11(8-12)15-7-6-13/h2-5,11,13H,6-7H2,1H3. The first-order valence-corrected chi connectivity index (χ1v) is 4.58. The van der Waals surface area contributed by atoms with Crippen molar-refractivity contribution in [3.8, 4) is 11.8 Å². The summed E-state index contributed by atoms with van der Waals surface area (Å²) in [5.74, 6) is 0.734. The normalized spacial score (nSPS) is 11.8. The monoisotopic (exact) mass is 207 g/mol. The predicted octanol–water partition coefficient (Wildman–Crippen LogP) is 1.27. The molecule has 0 bridgehead atoms. The van der Waals surface area contributed by atoms with E-state index >= 15 is 0 Å². The molecule has 0 radical (unpaired) electrons. The Morgan fingerprint density at radius 2 is 2.07 bits per heavy atom. The number of hydrogen-bond acceptors (Lipinski definition) is 4. The second kappa shape index (κ2) is 6.02. The fourth-order valence-electron chi connectivity index (χ4n) is 1.16. The molecule has 0 aliphatic heterocycles. The molecule has 1 N–H and O–H groups in total. The fraction of sp³-hybridized carbons (Fsp3) is 0.364. The topological polar surface area (TPSA) is 62.5 Å². The molecule has 1 unspecified atom stereocenters. The van der Waals surface area contributed by atoms with Gasteiger partial charge in [0.25, 0.3) is 0 Å². The van der Waals surface area contributed by atoms with Crippen molar-refractivity contribution in [1.82, 2.24) is 0 Å². The van der Waals surface area contributed by atoms with Crippen LogP contribution < -0.4 is 4.74 Å². The van der Waals surface area contributed by atoms with Gasteiger partial charge in [0.15, 0.2) is 6.10 Å². The van der Waals surface area contributed by atoms with Crippen LogP contribution in [0.5, 0.6) is 5.75 Å². The van der Waals surface area contributed by atoms with Crippen LogP contribution in [0, 0.1) is 11.3 Å². The molecule has 1 atom stereocenters. The summed E-state index contributed by atoms with van der Waals surface area (Å²) in [4.78, 5) is 0. The largest absolute Gasteiger partial charge is 0.497 e. The Bertz CT molecular complexity index is 329. The van der Waals surface area contributed by atoms with Gasteiger partial charge < -0.3 is 14.6 Å². The van der Waals surface area contributed by atoms with Crippen LogP contribution >= 0.6 is 0 Å². The molecule has 1 rings (SSSR count). The van der Waals surface area contributed by atoms with Crippen LogP contribution in [0.2, 0.25) is 0 Å². The molecular formula is C11H13NO3. The SMILES string of the molecule is COc1ccc(C(C#N)OCCO)cc1. The average molecular weight is 207 g/mol. The van der Waals surface area contributed by atoms with Crippen LogP contribution in [0.3, 0.4) is 0 Å². The van der Waals surface area contributed by atoms with Crippen LogP contribution in [-0.4, -0.2) is 25.4 Å². The number of nitriles is 1. The molecule has 0 heterocycles. The molecule has 4 heteroatoms. The average Bonchev–Trinajstić information content (AvgIpc) is 2.31. The van der Waals surface area contributed by atoms with E-state index in [0.717, 1.165) is 11.3 Å². The van der Waals surface area contributed by atoms with Crippen LogP contribution in [0.25, 0.3) is 0 Å². The number of aliphatic hydroxyl groups excluding tert-OH is 1. The highest BCUT2D eigenvalue weighted by Crippen LogP contribution is 2.19. The van der Waals surface area contributed by atoms with Crippen molar-refractivity contribution in [3.05, 3.63) is 29.8 Å². The van der Waals surface area contributed by atoms with Gasteiger partial charge in [0, 0.05) is 0 Å². The van der Waals surface area contributed by atoms with Gasteiger partial charge in [-0.2, -0.15) is 5.26 Å². The molecule has 0 amide bonds. The molecule has 0 aromatic heterocycles. The minimum Gasteiger partial charge on any atom is -0.497 e. The molecule has 0 saturated carbocycles. The number of nitrogens with zero attached hydrogens (tertiary/aromatic N) is 1. The van der Waals surface area contributed by atoms with E-state index < -0.39 is 6.10 Å². The number of hydrogen-bond donors (Lipinski definition) is 1. The zero-order valence-electron chi connectivity index (χ0n) is 8.51. The van der Waals surface area contributed by atoms with Gasteiger partial charge in [-0.15, -0.1) is 0 Å². The van der Waals surface area contributed by atoms with Gasteiger partial charge in [-0.1, -0.05) is 12.1 Å². The summed E-state index contributed by atoms with van der Waals surface area (Å²) >= 11 is 0. The lowest BCUT2D eigenvalue weighted by Crippen LogP contribution is -2.05. The van der Waals surface area contributed by atoms with E-state index in [2.05, 4.69) is 0 Å². The predicted molar refractivity (Wildman–Crippen MR) is 54.4 cm³/mol. The molecule has 0 saturated heterocycles. The van der Waals surface area contributed by atoms with Crippen LogP contribution in [-0.2, 0) is 4.74 Å². The third-order valence-electron chi connectivity index (χ3n) is 1.91. The highest BCUT2D eigenvalue weighted by atomic mass is 16.5. The Balaban J connectivity index is 2.70. The van der Waals surface area contributed by atoms with Crippen molar-refractivity contribution >= 4 is 0 Å². The maximum Gasteiger partial charge on any atom is 0.169 e. The minimum atomic E-state index is -0.636. The number of rotatable bonds is 5. The van der Waals surface area contributed by atoms with Crippen molar-refractivity contribution in [3.63, 3.8) is 0 Å². The number of aliphatic hydroxyl groups is 1. The molecule has 4 nitrogen and oxygen atoms in total. The van der Waals surface area contributed by atoms with Crippen LogP contribution in [0.4, 0.5) is 0 Å². The summed E-state index contributed by atoms with van der Waals surface area (Å²) in [6.07, 6.45) is -0.636. The van der Waals surface area contributed by atoms with Crippen molar-refractivity contribution in [1.29, 1.82) is 5.26 Å². The highest BCUT2D eigenvalue weighted by molar-refractivity contribution is 5.30. The van der Waals surface area contributed by atoms with E-state index in [-0.39, 0.29) is 13.2 Å². The first kappa shape index (κ1) is 11.5. The van der Waals surface area contributed by atoms with Crippen molar-refractivity contribution in [2.24, 2.45) is 0 Å². The van der Waals surface area contributed by atoms with Crippen molar-refractivity contribution in [2.45, 2.75) is 6.10 Å². The zero-order valence-corrected chi connectivity index (χ0v) is 8.51. The number of ether oxygens (including phenoxy) is 2. The van der Waals surface area contributed by atoms with Crippen molar-refractivity contribution in [2.75, 3.05) is 20.3 Å². The second-order valence-corrected chi connectivity index (χ2v) is 2.88. The Labute approximate surface area is 88.7 Å². The summed E-state index contributed by atoms with van der Waals surface area (Å²) in [6, 6.07) is 9.08. The molecule has 1 aromatic carbocycles. The Hall–Kier alpha value is -1.57. The third-order valence-corrected chi connectivity index (χ3v) is 1.91. The molecule has 80 valence electrons. The van der Waals surface area contributed by atoms with E-state index in [9.17, 15) is 0 Å². The molecule has 0 aliphatic carbocycles. The summed E-state index contributed by atoms with van der Waals surface area (Å²) in [6.45, 7) is 0.0680. The van der Waals surface area contributed by atoms with E-state index in [4.69, 9.17) is 19.8 Å². The fourth-order valence-corrected chi connectivity index (χ4v) is 1.16. The van der Waals surface area contributed by atoms with Gasteiger partial charge in [-0.05, 0) is 17.7 Å². The first-order chi connectivity index (χ1) is 7.31. The molecule has 1 aromatic rings. The van der Waals surface area contributed by atoms with Crippen LogP contribution in [0.1, 0.15) is 11.7 Å².